The van der Waals surface area contributed by atoms with E-state index in [4.69, 9.17) is 0 Å². The number of rotatable bonds is 4. The Morgan fingerprint density at radius 3 is 2.32 bits per heavy atom. The SMILES string of the molecule is CC(NC(=O)C1CCN(S(C)(=O)=O)CC1)c1ccc(F)cc1. The Labute approximate surface area is 130 Å². The molecule has 0 saturated carbocycles. The highest BCUT2D eigenvalue weighted by atomic mass is 32.2. The highest BCUT2D eigenvalue weighted by Crippen LogP contribution is 2.21. The molecule has 1 aliphatic rings. The second-order valence-corrected chi connectivity index (χ2v) is 7.70. The third-order valence-electron chi connectivity index (χ3n) is 4.02. The molecule has 1 aromatic rings. The molecule has 1 N–H and O–H groups in total. The number of hydrogen-bond acceptors (Lipinski definition) is 3. The van der Waals surface area contributed by atoms with Crippen LogP contribution in [-0.2, 0) is 14.8 Å². The summed E-state index contributed by atoms with van der Waals surface area (Å²) in [5.74, 6) is -0.568. The molecule has 22 heavy (non-hydrogen) atoms. The first kappa shape index (κ1) is 16.9. The molecule has 1 aliphatic heterocycles. The molecule has 1 saturated heterocycles. The van der Waals surface area contributed by atoms with E-state index >= 15 is 0 Å². The van der Waals surface area contributed by atoms with Crippen LogP contribution in [0.5, 0.6) is 0 Å². The van der Waals surface area contributed by atoms with Crippen molar-refractivity contribution in [3.63, 3.8) is 0 Å². The first-order valence-corrected chi connectivity index (χ1v) is 9.13. The minimum Gasteiger partial charge on any atom is -0.349 e. The van der Waals surface area contributed by atoms with E-state index in [-0.39, 0.29) is 23.7 Å². The van der Waals surface area contributed by atoms with Crippen molar-refractivity contribution >= 4 is 15.9 Å². The van der Waals surface area contributed by atoms with Crippen LogP contribution < -0.4 is 5.32 Å². The summed E-state index contributed by atoms with van der Waals surface area (Å²) in [6.45, 7) is 2.60. The molecule has 1 amide bonds. The topological polar surface area (TPSA) is 66.5 Å². The van der Waals surface area contributed by atoms with Gasteiger partial charge in [-0.3, -0.25) is 4.79 Å². The fourth-order valence-corrected chi connectivity index (χ4v) is 3.49. The number of benzene rings is 1. The van der Waals surface area contributed by atoms with Crippen LogP contribution in [0.2, 0.25) is 0 Å². The smallest absolute Gasteiger partial charge is 0.223 e. The normalized spacial score (nSPS) is 18.9. The summed E-state index contributed by atoms with van der Waals surface area (Å²) >= 11 is 0. The Hall–Kier alpha value is -1.47. The van der Waals surface area contributed by atoms with Crippen LogP contribution >= 0.6 is 0 Å². The average molecular weight is 328 g/mol. The summed E-state index contributed by atoms with van der Waals surface area (Å²) in [4.78, 5) is 12.3. The standard InChI is InChI=1S/C15H21FN2O3S/c1-11(12-3-5-14(16)6-4-12)17-15(19)13-7-9-18(10-8-13)22(2,20)21/h3-6,11,13H,7-10H2,1-2H3,(H,17,19). The van der Waals surface area contributed by atoms with E-state index in [1.54, 1.807) is 12.1 Å². The van der Waals surface area contributed by atoms with Crippen LogP contribution in [0.4, 0.5) is 4.39 Å². The number of hydrogen-bond donors (Lipinski definition) is 1. The minimum atomic E-state index is -3.18. The first-order valence-electron chi connectivity index (χ1n) is 7.28. The molecular weight excluding hydrogens is 307 g/mol. The summed E-state index contributed by atoms with van der Waals surface area (Å²) in [5.41, 5.74) is 0.836. The molecule has 0 spiro atoms. The monoisotopic (exact) mass is 328 g/mol. The van der Waals surface area contributed by atoms with Crippen molar-refractivity contribution in [2.24, 2.45) is 5.92 Å². The number of nitrogens with one attached hydrogen (secondary N) is 1. The van der Waals surface area contributed by atoms with E-state index in [1.807, 2.05) is 6.92 Å². The number of amides is 1. The summed E-state index contributed by atoms with van der Waals surface area (Å²) in [6.07, 6.45) is 2.23. The molecule has 0 radical (unpaired) electrons. The Bertz CT molecular complexity index is 623. The molecule has 122 valence electrons. The number of halogens is 1. The van der Waals surface area contributed by atoms with Crippen LogP contribution in [-0.4, -0.2) is 38.0 Å². The molecule has 7 heteroatoms. The zero-order valence-electron chi connectivity index (χ0n) is 12.8. The third kappa shape index (κ3) is 4.27. The minimum absolute atomic E-state index is 0.0787. The lowest BCUT2D eigenvalue weighted by atomic mass is 9.96. The van der Waals surface area contributed by atoms with Crippen molar-refractivity contribution in [2.45, 2.75) is 25.8 Å². The lowest BCUT2D eigenvalue weighted by Crippen LogP contribution is -2.43. The highest BCUT2D eigenvalue weighted by molar-refractivity contribution is 7.88. The molecule has 0 bridgehead atoms. The zero-order valence-corrected chi connectivity index (χ0v) is 13.6. The Kier molecular flexibility index (Phi) is 5.18. The molecule has 5 nitrogen and oxygen atoms in total. The van der Waals surface area contributed by atoms with Gasteiger partial charge in [0.2, 0.25) is 15.9 Å². The molecule has 2 rings (SSSR count). The average Bonchev–Trinajstić information content (AvgIpc) is 2.47. The molecule has 1 fully saturated rings. The van der Waals surface area contributed by atoms with Gasteiger partial charge in [-0.05, 0) is 37.5 Å². The van der Waals surface area contributed by atoms with Gasteiger partial charge in [-0.2, -0.15) is 0 Å². The van der Waals surface area contributed by atoms with E-state index < -0.39 is 10.0 Å². The molecule has 1 aromatic carbocycles. The van der Waals surface area contributed by atoms with Crippen molar-refractivity contribution in [2.75, 3.05) is 19.3 Å². The van der Waals surface area contributed by atoms with Gasteiger partial charge < -0.3 is 5.32 Å². The van der Waals surface area contributed by atoms with E-state index in [0.717, 1.165) is 5.56 Å². The number of nitrogens with zero attached hydrogens (tertiary/aromatic N) is 1. The maximum Gasteiger partial charge on any atom is 0.223 e. The molecule has 0 aliphatic carbocycles. The van der Waals surface area contributed by atoms with E-state index in [9.17, 15) is 17.6 Å². The number of carbonyl (C=O) groups is 1. The van der Waals surface area contributed by atoms with E-state index in [2.05, 4.69) is 5.32 Å². The molecule has 1 unspecified atom stereocenters. The summed E-state index contributed by atoms with van der Waals surface area (Å²) in [7, 11) is -3.18. The van der Waals surface area contributed by atoms with Crippen molar-refractivity contribution in [1.82, 2.24) is 9.62 Å². The van der Waals surface area contributed by atoms with Gasteiger partial charge >= 0.3 is 0 Å². The van der Waals surface area contributed by atoms with Crippen LogP contribution in [0.1, 0.15) is 31.4 Å². The van der Waals surface area contributed by atoms with Gasteiger partial charge in [0.05, 0.1) is 12.3 Å². The van der Waals surface area contributed by atoms with E-state index in [0.29, 0.717) is 25.9 Å². The molecule has 0 aromatic heterocycles. The van der Waals surface area contributed by atoms with Gasteiger partial charge in [0, 0.05) is 19.0 Å². The second-order valence-electron chi connectivity index (χ2n) is 5.72. The van der Waals surface area contributed by atoms with Crippen LogP contribution in [0.25, 0.3) is 0 Å². The Morgan fingerprint density at radius 1 is 1.27 bits per heavy atom. The van der Waals surface area contributed by atoms with Gasteiger partial charge in [0.1, 0.15) is 5.82 Å². The van der Waals surface area contributed by atoms with Crippen molar-refractivity contribution < 1.29 is 17.6 Å². The molecule has 1 atom stereocenters. The zero-order chi connectivity index (χ0) is 16.3. The fraction of sp³-hybridized carbons (Fsp3) is 0.533. The van der Waals surface area contributed by atoms with Gasteiger partial charge in [0.25, 0.3) is 0 Å². The van der Waals surface area contributed by atoms with Gasteiger partial charge in [-0.1, -0.05) is 12.1 Å². The van der Waals surface area contributed by atoms with Crippen LogP contribution in [0.3, 0.4) is 0 Å². The second kappa shape index (κ2) is 6.75. The van der Waals surface area contributed by atoms with Gasteiger partial charge in [-0.25, -0.2) is 17.1 Å². The summed E-state index contributed by atoms with van der Waals surface area (Å²) in [5, 5.41) is 2.91. The largest absolute Gasteiger partial charge is 0.349 e. The quantitative estimate of drug-likeness (QED) is 0.914. The lowest BCUT2D eigenvalue weighted by Gasteiger charge is -2.30. The Balaban J connectivity index is 1.89. The highest BCUT2D eigenvalue weighted by Gasteiger charge is 2.29. The van der Waals surface area contributed by atoms with Crippen LogP contribution in [0.15, 0.2) is 24.3 Å². The fourth-order valence-electron chi connectivity index (χ4n) is 2.62. The van der Waals surface area contributed by atoms with Crippen LogP contribution in [0, 0.1) is 11.7 Å². The first-order chi connectivity index (χ1) is 10.3. The summed E-state index contributed by atoms with van der Waals surface area (Å²) < 4.78 is 37.2. The van der Waals surface area contributed by atoms with Crippen molar-refractivity contribution in [1.29, 1.82) is 0 Å². The number of piperidine rings is 1. The van der Waals surface area contributed by atoms with Crippen molar-refractivity contribution in [3.8, 4) is 0 Å². The molecular formula is C15H21FN2O3S. The maximum absolute atomic E-state index is 12.9. The van der Waals surface area contributed by atoms with Gasteiger partial charge in [0.15, 0.2) is 0 Å². The maximum atomic E-state index is 12.9. The number of carbonyl (C=O) groups excluding carboxylic acids is 1. The lowest BCUT2D eigenvalue weighted by molar-refractivity contribution is -0.126. The summed E-state index contributed by atoms with van der Waals surface area (Å²) in [6, 6.07) is 5.81. The third-order valence-corrected chi connectivity index (χ3v) is 5.33. The van der Waals surface area contributed by atoms with Crippen molar-refractivity contribution in [3.05, 3.63) is 35.6 Å². The van der Waals surface area contributed by atoms with E-state index in [1.165, 1.54) is 22.7 Å². The Morgan fingerprint density at radius 2 is 1.82 bits per heavy atom. The molecule has 1 heterocycles. The predicted molar refractivity (Wildman–Crippen MR) is 82.1 cm³/mol. The predicted octanol–water partition coefficient (Wildman–Crippen LogP) is 1.67. The van der Waals surface area contributed by atoms with Gasteiger partial charge in [-0.15, -0.1) is 0 Å². The number of sulfonamides is 1.